The van der Waals surface area contributed by atoms with E-state index < -0.39 is 0 Å². The first-order valence-corrected chi connectivity index (χ1v) is 6.16. The molecule has 0 amide bonds. The maximum atomic E-state index is 9.64. The van der Waals surface area contributed by atoms with E-state index in [2.05, 4.69) is 28.6 Å². The fraction of sp³-hybridized carbons (Fsp3) is 0.111. The van der Waals surface area contributed by atoms with Crippen LogP contribution < -0.4 is 0 Å². The van der Waals surface area contributed by atoms with E-state index in [0.29, 0.717) is 11.1 Å². The van der Waals surface area contributed by atoms with Crippen LogP contribution in [0.4, 0.5) is 0 Å². The molecule has 1 nitrogen and oxygen atoms in total. The first-order chi connectivity index (χ1) is 6.24. The van der Waals surface area contributed by atoms with Gasteiger partial charge in [0, 0.05) is 25.9 Å². The molecule has 0 aliphatic rings. The van der Waals surface area contributed by atoms with Crippen molar-refractivity contribution in [2.75, 3.05) is 0 Å². The van der Waals surface area contributed by atoms with Crippen molar-refractivity contribution in [3.8, 4) is 5.75 Å². The van der Waals surface area contributed by atoms with Gasteiger partial charge < -0.3 is 5.11 Å². The van der Waals surface area contributed by atoms with Crippen molar-refractivity contribution < 1.29 is 5.11 Å². The number of fused-ring (bicyclic) bond motifs is 1. The van der Waals surface area contributed by atoms with Crippen LogP contribution in [0.15, 0.2) is 22.4 Å². The minimum atomic E-state index is 0.317. The largest absolute Gasteiger partial charge is 0.508 e. The Hall–Kier alpha value is -0.190. The lowest BCUT2D eigenvalue weighted by atomic mass is 10.1. The Morgan fingerprint density at radius 1 is 1.54 bits per heavy atom. The van der Waals surface area contributed by atoms with Gasteiger partial charge in [-0.1, -0.05) is 15.9 Å². The summed E-state index contributed by atoms with van der Waals surface area (Å²) in [6.07, 6.45) is 0. The van der Waals surface area contributed by atoms with Crippen LogP contribution in [-0.4, -0.2) is 5.11 Å². The molecule has 13 heavy (non-hydrogen) atoms. The number of phenols is 1. The van der Waals surface area contributed by atoms with Crippen molar-refractivity contribution in [1.29, 1.82) is 0 Å². The van der Waals surface area contributed by atoms with E-state index in [9.17, 15) is 5.11 Å². The second kappa shape index (κ2) is 3.52. The number of thiophene rings is 1. The number of thiol groups is 1. The van der Waals surface area contributed by atoms with Gasteiger partial charge in [0.1, 0.15) is 5.75 Å². The minimum Gasteiger partial charge on any atom is -0.508 e. The molecule has 1 N–H and O–H groups in total. The summed E-state index contributed by atoms with van der Waals surface area (Å²) in [7, 11) is 0. The van der Waals surface area contributed by atoms with Crippen LogP contribution in [0.1, 0.15) is 5.56 Å². The van der Waals surface area contributed by atoms with Crippen LogP contribution in [0, 0.1) is 0 Å². The second-order valence-electron chi connectivity index (χ2n) is 2.69. The number of halogens is 1. The van der Waals surface area contributed by atoms with Crippen LogP contribution in [0.2, 0.25) is 0 Å². The predicted octanol–water partition coefficient (Wildman–Crippen LogP) is 3.79. The summed E-state index contributed by atoms with van der Waals surface area (Å²) in [4.78, 5) is 0.869. The third-order valence-electron chi connectivity index (χ3n) is 1.95. The van der Waals surface area contributed by atoms with Crippen molar-refractivity contribution in [2.24, 2.45) is 0 Å². The average molecular weight is 275 g/mol. The van der Waals surface area contributed by atoms with Gasteiger partial charge in [0.15, 0.2) is 0 Å². The van der Waals surface area contributed by atoms with E-state index in [1.165, 1.54) is 0 Å². The van der Waals surface area contributed by atoms with Gasteiger partial charge in [-0.3, -0.25) is 0 Å². The fourth-order valence-electron chi connectivity index (χ4n) is 1.26. The highest BCUT2D eigenvalue weighted by Crippen LogP contribution is 2.36. The fourth-order valence-corrected chi connectivity index (χ4v) is 3.33. The van der Waals surface area contributed by atoms with E-state index in [1.54, 1.807) is 17.4 Å². The molecule has 0 radical (unpaired) electrons. The molecule has 0 aliphatic carbocycles. The highest BCUT2D eigenvalue weighted by molar-refractivity contribution is 9.08. The zero-order chi connectivity index (χ0) is 9.42. The van der Waals surface area contributed by atoms with E-state index >= 15 is 0 Å². The Labute approximate surface area is 93.9 Å². The molecule has 0 spiro atoms. The average Bonchev–Trinajstić information content (AvgIpc) is 2.53. The Morgan fingerprint density at radius 2 is 2.31 bits per heavy atom. The molecule has 4 heteroatoms. The zero-order valence-electron chi connectivity index (χ0n) is 6.62. The van der Waals surface area contributed by atoms with Gasteiger partial charge in [0.2, 0.25) is 0 Å². The third-order valence-corrected chi connectivity index (χ3v) is 3.88. The van der Waals surface area contributed by atoms with Gasteiger partial charge in [-0.25, -0.2) is 0 Å². The number of alkyl halides is 1. The predicted molar refractivity (Wildman–Crippen MR) is 63.4 cm³/mol. The van der Waals surface area contributed by atoms with Crippen LogP contribution in [-0.2, 0) is 5.33 Å². The maximum Gasteiger partial charge on any atom is 0.122 e. The molecule has 0 aliphatic heterocycles. The van der Waals surface area contributed by atoms with Crippen molar-refractivity contribution in [3.05, 3.63) is 23.1 Å². The summed E-state index contributed by atoms with van der Waals surface area (Å²) >= 11 is 9.33. The van der Waals surface area contributed by atoms with E-state index in [4.69, 9.17) is 0 Å². The third kappa shape index (κ3) is 1.47. The van der Waals surface area contributed by atoms with Crippen molar-refractivity contribution in [1.82, 2.24) is 0 Å². The Morgan fingerprint density at radius 3 is 3.00 bits per heavy atom. The monoisotopic (exact) mass is 274 g/mol. The summed E-state index contributed by atoms with van der Waals surface area (Å²) in [6, 6.07) is 3.81. The van der Waals surface area contributed by atoms with Crippen molar-refractivity contribution >= 4 is 50.0 Å². The smallest absolute Gasteiger partial charge is 0.122 e. The normalized spacial score (nSPS) is 10.9. The summed E-state index contributed by atoms with van der Waals surface area (Å²) in [5.41, 5.74) is 0.856. The highest BCUT2D eigenvalue weighted by Gasteiger charge is 2.09. The molecule has 0 fully saturated rings. The lowest BCUT2D eigenvalue weighted by molar-refractivity contribution is 0.470. The highest BCUT2D eigenvalue weighted by atomic mass is 79.9. The summed E-state index contributed by atoms with van der Waals surface area (Å²) in [5, 5.41) is 13.4. The molecule has 0 saturated heterocycles. The SMILES string of the molecule is Oc1cc2sccc2c(S)c1CBr. The molecule has 2 rings (SSSR count). The van der Waals surface area contributed by atoms with Crippen molar-refractivity contribution in [3.63, 3.8) is 0 Å². The van der Waals surface area contributed by atoms with Gasteiger partial charge in [0.05, 0.1) is 0 Å². The van der Waals surface area contributed by atoms with Gasteiger partial charge in [-0.15, -0.1) is 24.0 Å². The number of rotatable bonds is 1. The van der Waals surface area contributed by atoms with Gasteiger partial charge in [-0.2, -0.15) is 0 Å². The Bertz CT molecular complexity index is 450. The molecule has 0 saturated carbocycles. The molecule has 2 aromatic rings. The van der Waals surface area contributed by atoms with Crippen LogP contribution in [0.3, 0.4) is 0 Å². The van der Waals surface area contributed by atoms with E-state index in [0.717, 1.165) is 20.5 Å². The molecule has 0 atom stereocenters. The number of hydrogen-bond donors (Lipinski definition) is 2. The van der Waals surface area contributed by atoms with Gasteiger partial charge in [0.25, 0.3) is 0 Å². The number of benzene rings is 1. The lowest BCUT2D eigenvalue weighted by Crippen LogP contribution is -1.82. The van der Waals surface area contributed by atoms with E-state index in [1.807, 2.05) is 11.4 Å². The topological polar surface area (TPSA) is 20.2 Å². The Balaban J connectivity index is 2.85. The standard InChI is InChI=1S/C9H7BrOS2/c10-4-6-7(11)3-8-5(9(6)12)1-2-13-8/h1-3,11-12H,4H2. The lowest BCUT2D eigenvalue weighted by Gasteiger charge is -2.05. The van der Waals surface area contributed by atoms with Gasteiger partial charge in [-0.05, 0) is 17.5 Å². The molecule has 0 unspecified atom stereocenters. The first kappa shape index (κ1) is 9.37. The van der Waals surface area contributed by atoms with Gasteiger partial charge >= 0.3 is 0 Å². The molecule has 1 heterocycles. The summed E-state index contributed by atoms with van der Waals surface area (Å²) in [5.74, 6) is 0.317. The molecule has 1 aromatic carbocycles. The quantitative estimate of drug-likeness (QED) is 0.599. The van der Waals surface area contributed by atoms with Crippen molar-refractivity contribution in [2.45, 2.75) is 10.2 Å². The second-order valence-corrected chi connectivity index (χ2v) is 4.64. The molecule has 1 aromatic heterocycles. The molecular formula is C9H7BrOS2. The summed E-state index contributed by atoms with van der Waals surface area (Å²) < 4.78 is 1.08. The van der Waals surface area contributed by atoms with Crippen LogP contribution >= 0.6 is 39.9 Å². The first-order valence-electron chi connectivity index (χ1n) is 3.71. The van der Waals surface area contributed by atoms with E-state index in [-0.39, 0.29) is 0 Å². The maximum absolute atomic E-state index is 9.64. The zero-order valence-corrected chi connectivity index (χ0v) is 9.92. The molecular weight excluding hydrogens is 268 g/mol. The molecule has 68 valence electrons. The molecule has 0 bridgehead atoms. The van der Waals surface area contributed by atoms with Crippen LogP contribution in [0.25, 0.3) is 10.1 Å². The number of phenolic OH excluding ortho intramolecular Hbond substituents is 1. The number of hydrogen-bond acceptors (Lipinski definition) is 3. The Kier molecular flexibility index (Phi) is 2.53. The number of aromatic hydroxyl groups is 1. The minimum absolute atomic E-state index is 0.317. The van der Waals surface area contributed by atoms with Crippen LogP contribution in [0.5, 0.6) is 5.75 Å². The summed E-state index contributed by atoms with van der Waals surface area (Å²) in [6.45, 7) is 0.